The average Bonchev–Trinajstić information content (AvgIpc) is 3.12. The maximum atomic E-state index is 12.0. The quantitative estimate of drug-likeness (QED) is 0.617. The highest BCUT2D eigenvalue weighted by atomic mass is 16.6. The molecule has 2 rings (SSSR count). The van der Waals surface area contributed by atoms with Gasteiger partial charge in [-0.1, -0.05) is 6.92 Å². The zero-order chi connectivity index (χ0) is 14.7. The maximum Gasteiger partial charge on any atom is 0.292 e. The Morgan fingerprint density at radius 1 is 1.50 bits per heavy atom. The van der Waals surface area contributed by atoms with E-state index in [1.165, 1.54) is 18.2 Å². The third-order valence-corrected chi connectivity index (χ3v) is 3.62. The predicted octanol–water partition coefficient (Wildman–Crippen LogP) is 2.41. The largest absolute Gasteiger partial charge is 0.380 e. The highest BCUT2D eigenvalue weighted by Gasteiger charge is 2.32. The number of anilines is 1. The molecule has 0 spiro atoms. The molecule has 1 aromatic rings. The number of rotatable bonds is 6. The van der Waals surface area contributed by atoms with Crippen LogP contribution in [0.3, 0.4) is 0 Å². The van der Waals surface area contributed by atoms with E-state index in [-0.39, 0.29) is 11.6 Å². The average molecular weight is 277 g/mol. The number of benzene rings is 1. The molecule has 0 heterocycles. The fourth-order valence-electron chi connectivity index (χ4n) is 2.18. The Hall–Kier alpha value is -2.11. The molecule has 2 unspecified atom stereocenters. The number of nitrogens with one attached hydrogen (secondary N) is 2. The zero-order valence-corrected chi connectivity index (χ0v) is 11.7. The lowest BCUT2D eigenvalue weighted by molar-refractivity contribution is -0.384. The molecule has 0 aliphatic heterocycles. The topological polar surface area (TPSA) is 84.3 Å². The number of carbonyl (C=O) groups is 1. The second-order valence-electron chi connectivity index (χ2n) is 5.20. The van der Waals surface area contributed by atoms with Gasteiger partial charge >= 0.3 is 0 Å². The number of hydrogen-bond acceptors (Lipinski definition) is 4. The lowest BCUT2D eigenvalue weighted by Gasteiger charge is -2.08. The lowest BCUT2D eigenvalue weighted by atomic mass is 10.1. The van der Waals surface area contributed by atoms with Gasteiger partial charge in [0.2, 0.25) is 0 Å². The zero-order valence-electron chi connectivity index (χ0n) is 11.7. The van der Waals surface area contributed by atoms with E-state index in [0.29, 0.717) is 36.2 Å². The van der Waals surface area contributed by atoms with E-state index < -0.39 is 4.92 Å². The number of nitro benzene ring substituents is 1. The van der Waals surface area contributed by atoms with Gasteiger partial charge in [-0.25, -0.2) is 0 Å². The van der Waals surface area contributed by atoms with Crippen molar-refractivity contribution < 1.29 is 9.72 Å². The van der Waals surface area contributed by atoms with Crippen LogP contribution in [0.2, 0.25) is 0 Å². The number of nitrogens with zero attached hydrogens (tertiary/aromatic N) is 1. The van der Waals surface area contributed by atoms with Crippen molar-refractivity contribution in [3.05, 3.63) is 33.9 Å². The first-order chi connectivity index (χ1) is 9.52. The summed E-state index contributed by atoms with van der Waals surface area (Å²) >= 11 is 0. The Bertz CT molecular complexity index is 530. The van der Waals surface area contributed by atoms with Gasteiger partial charge in [0.05, 0.1) is 4.92 Å². The lowest BCUT2D eigenvalue weighted by Crippen LogP contribution is -2.26. The third kappa shape index (κ3) is 3.26. The highest BCUT2D eigenvalue weighted by Crippen LogP contribution is 2.36. The van der Waals surface area contributed by atoms with Gasteiger partial charge in [0.25, 0.3) is 11.6 Å². The molecule has 108 valence electrons. The molecule has 0 bridgehead atoms. The van der Waals surface area contributed by atoms with Crippen LogP contribution in [-0.2, 0) is 0 Å². The Morgan fingerprint density at radius 3 is 2.75 bits per heavy atom. The summed E-state index contributed by atoms with van der Waals surface area (Å²) in [4.78, 5) is 22.5. The fraction of sp³-hybridized carbons (Fsp3) is 0.500. The van der Waals surface area contributed by atoms with Gasteiger partial charge in [0.15, 0.2) is 0 Å². The first kappa shape index (κ1) is 14.3. The van der Waals surface area contributed by atoms with Crippen LogP contribution in [0.5, 0.6) is 0 Å². The van der Waals surface area contributed by atoms with Crippen molar-refractivity contribution in [2.45, 2.75) is 20.3 Å². The molecule has 0 aromatic heterocycles. The highest BCUT2D eigenvalue weighted by molar-refractivity contribution is 5.95. The van der Waals surface area contributed by atoms with Crippen LogP contribution in [0.25, 0.3) is 0 Å². The minimum atomic E-state index is -0.453. The summed E-state index contributed by atoms with van der Waals surface area (Å²) in [5.41, 5.74) is 0.809. The number of nitro groups is 1. The van der Waals surface area contributed by atoms with E-state index in [0.717, 1.165) is 6.42 Å². The molecule has 6 heteroatoms. The molecule has 1 saturated carbocycles. The maximum absolute atomic E-state index is 12.0. The molecule has 1 aliphatic rings. The van der Waals surface area contributed by atoms with Gasteiger partial charge in [-0.3, -0.25) is 14.9 Å². The van der Waals surface area contributed by atoms with E-state index in [9.17, 15) is 14.9 Å². The Kier molecular flexibility index (Phi) is 4.22. The van der Waals surface area contributed by atoms with E-state index in [1.54, 1.807) is 0 Å². The molecule has 0 saturated heterocycles. The SMILES string of the molecule is CCNc1cc(C(=O)NCC2CC2C)ccc1[N+](=O)[O-]. The molecule has 0 radical (unpaired) electrons. The van der Waals surface area contributed by atoms with E-state index in [4.69, 9.17) is 0 Å². The molecule has 6 nitrogen and oxygen atoms in total. The summed E-state index contributed by atoms with van der Waals surface area (Å²) in [6.45, 7) is 5.25. The molecule has 20 heavy (non-hydrogen) atoms. The van der Waals surface area contributed by atoms with Gasteiger partial charge in [0.1, 0.15) is 5.69 Å². The molecule has 1 amide bonds. The van der Waals surface area contributed by atoms with Crippen molar-refractivity contribution in [2.75, 3.05) is 18.4 Å². The molecule has 1 aromatic carbocycles. The van der Waals surface area contributed by atoms with Crippen molar-refractivity contribution in [1.82, 2.24) is 5.32 Å². The second kappa shape index (κ2) is 5.90. The molecule has 2 atom stereocenters. The summed E-state index contributed by atoms with van der Waals surface area (Å²) in [7, 11) is 0. The first-order valence-electron chi connectivity index (χ1n) is 6.83. The Morgan fingerprint density at radius 2 is 2.20 bits per heavy atom. The molecular formula is C14H19N3O3. The van der Waals surface area contributed by atoms with Gasteiger partial charge in [-0.2, -0.15) is 0 Å². The van der Waals surface area contributed by atoms with Crippen LogP contribution in [-0.4, -0.2) is 23.9 Å². The Labute approximate surface area is 117 Å². The van der Waals surface area contributed by atoms with Gasteiger partial charge in [-0.15, -0.1) is 0 Å². The van der Waals surface area contributed by atoms with E-state index in [1.807, 2.05) is 6.92 Å². The monoisotopic (exact) mass is 277 g/mol. The number of carbonyl (C=O) groups excluding carboxylic acids is 1. The predicted molar refractivity (Wildman–Crippen MR) is 76.9 cm³/mol. The molecule has 1 fully saturated rings. The summed E-state index contributed by atoms with van der Waals surface area (Å²) in [6.07, 6.45) is 1.16. The summed E-state index contributed by atoms with van der Waals surface area (Å²) in [5.74, 6) is 1.08. The van der Waals surface area contributed by atoms with Crippen LogP contribution in [0.1, 0.15) is 30.6 Å². The van der Waals surface area contributed by atoms with Crippen molar-refractivity contribution in [3.8, 4) is 0 Å². The molecule has 1 aliphatic carbocycles. The van der Waals surface area contributed by atoms with Gasteiger partial charge in [-0.05, 0) is 37.3 Å². The normalized spacial score (nSPS) is 20.3. The van der Waals surface area contributed by atoms with Crippen molar-refractivity contribution in [1.29, 1.82) is 0 Å². The smallest absolute Gasteiger partial charge is 0.292 e. The Balaban J connectivity index is 2.08. The van der Waals surface area contributed by atoms with Crippen LogP contribution < -0.4 is 10.6 Å². The van der Waals surface area contributed by atoms with Crippen LogP contribution in [0, 0.1) is 22.0 Å². The summed E-state index contributed by atoms with van der Waals surface area (Å²) in [5, 5.41) is 16.7. The van der Waals surface area contributed by atoms with Crippen molar-refractivity contribution >= 4 is 17.3 Å². The second-order valence-corrected chi connectivity index (χ2v) is 5.20. The van der Waals surface area contributed by atoms with Crippen LogP contribution >= 0.6 is 0 Å². The standard InChI is InChI=1S/C14H19N3O3/c1-3-15-12-7-10(4-5-13(12)17(19)20)14(18)16-8-11-6-9(11)2/h4-5,7,9,11,15H,3,6,8H2,1-2H3,(H,16,18). The van der Waals surface area contributed by atoms with E-state index >= 15 is 0 Å². The van der Waals surface area contributed by atoms with E-state index in [2.05, 4.69) is 17.6 Å². The molecular weight excluding hydrogens is 258 g/mol. The minimum absolute atomic E-state index is 0.0146. The van der Waals surface area contributed by atoms with Gasteiger partial charge < -0.3 is 10.6 Å². The summed E-state index contributed by atoms with van der Waals surface area (Å²) < 4.78 is 0. The summed E-state index contributed by atoms with van der Waals surface area (Å²) in [6, 6.07) is 4.39. The van der Waals surface area contributed by atoms with Gasteiger partial charge in [0, 0.05) is 24.7 Å². The van der Waals surface area contributed by atoms with Crippen LogP contribution in [0.4, 0.5) is 11.4 Å². The first-order valence-corrected chi connectivity index (χ1v) is 6.83. The number of amides is 1. The van der Waals surface area contributed by atoms with Crippen molar-refractivity contribution in [3.63, 3.8) is 0 Å². The minimum Gasteiger partial charge on any atom is -0.380 e. The van der Waals surface area contributed by atoms with Crippen molar-refractivity contribution in [2.24, 2.45) is 11.8 Å². The third-order valence-electron chi connectivity index (χ3n) is 3.62. The van der Waals surface area contributed by atoms with Crippen LogP contribution in [0.15, 0.2) is 18.2 Å². The number of hydrogen-bond donors (Lipinski definition) is 2. The fourth-order valence-corrected chi connectivity index (χ4v) is 2.18. The molecule has 2 N–H and O–H groups in total.